The molecular weight excluding hydrogens is 184 g/mol. The van der Waals surface area contributed by atoms with Crippen LogP contribution in [0.4, 0.5) is 3.89 Å². The summed E-state index contributed by atoms with van der Waals surface area (Å²) in [7, 11) is -7.43. The van der Waals surface area contributed by atoms with Crippen LogP contribution in [0.5, 0.6) is 0 Å². The third-order valence-electron chi connectivity index (χ3n) is 0.623. The van der Waals surface area contributed by atoms with Gasteiger partial charge in [-0.3, -0.25) is 4.57 Å². The maximum Gasteiger partial charge on any atom is 0.379 e. The molecule has 1 unspecified atom stereocenters. The van der Waals surface area contributed by atoms with Crippen molar-refractivity contribution < 1.29 is 21.4 Å². The molecule has 0 bridgehead atoms. The zero-order valence-electron chi connectivity index (χ0n) is 5.37. The van der Waals surface area contributed by atoms with Crippen LogP contribution in [0.25, 0.3) is 0 Å². The van der Waals surface area contributed by atoms with E-state index in [1.165, 1.54) is 4.49 Å². The molecule has 0 aromatic rings. The van der Waals surface area contributed by atoms with Crippen molar-refractivity contribution >= 4 is 17.9 Å². The van der Waals surface area contributed by atoms with Crippen molar-refractivity contribution in [2.45, 2.75) is 0 Å². The Morgan fingerprint density at radius 3 is 2.10 bits per heavy atom. The Kier molecular flexibility index (Phi) is 2.97. The van der Waals surface area contributed by atoms with E-state index >= 15 is 0 Å². The summed E-state index contributed by atoms with van der Waals surface area (Å²) in [6.45, 7) is 0.949. The highest BCUT2D eigenvalue weighted by molar-refractivity contribution is 7.91. The van der Waals surface area contributed by atoms with Gasteiger partial charge in [-0.1, -0.05) is 3.89 Å². The Morgan fingerprint density at radius 2 is 2.00 bits per heavy atom. The molecule has 5 nitrogen and oxygen atoms in total. The Morgan fingerprint density at radius 1 is 1.60 bits per heavy atom. The number of hydrogen-bond acceptors (Lipinski definition) is 4. The molecule has 1 N–H and O–H groups in total. The Labute approximate surface area is 58.4 Å². The summed E-state index contributed by atoms with van der Waals surface area (Å²) >= 11 is 0. The SMILES string of the molecule is COP(C)(=O)NS(=O)(=O)F. The van der Waals surface area contributed by atoms with E-state index in [0.717, 1.165) is 13.8 Å². The smallest absolute Gasteiger partial charge is 0.320 e. The fraction of sp³-hybridized carbons (Fsp3) is 1.00. The summed E-state index contributed by atoms with van der Waals surface area (Å²) in [6.07, 6.45) is 0. The molecule has 0 amide bonds. The third kappa shape index (κ3) is 4.87. The van der Waals surface area contributed by atoms with Crippen LogP contribution < -0.4 is 4.49 Å². The molecule has 0 aromatic carbocycles. The molecule has 0 aromatic heterocycles. The highest BCUT2D eigenvalue weighted by atomic mass is 32.3. The third-order valence-corrected chi connectivity index (χ3v) is 3.52. The standard InChI is InChI=1S/C2H7FNO4PS/c1-8-9(2,5)4-10(3,6)7/h1-2H3,(H,4,5). The molecule has 0 aliphatic heterocycles. The van der Waals surface area contributed by atoms with Gasteiger partial charge in [-0.2, -0.15) is 8.42 Å². The van der Waals surface area contributed by atoms with Gasteiger partial charge in [0.25, 0.3) is 7.52 Å². The summed E-state index contributed by atoms with van der Waals surface area (Å²) in [5, 5.41) is 0. The van der Waals surface area contributed by atoms with Crippen molar-refractivity contribution in [3.05, 3.63) is 0 Å². The number of hydrogen-bond donors (Lipinski definition) is 1. The fourth-order valence-electron chi connectivity index (χ4n) is 0.235. The van der Waals surface area contributed by atoms with Crippen LogP contribution in [-0.2, 0) is 19.5 Å². The van der Waals surface area contributed by atoms with Gasteiger partial charge in [0, 0.05) is 13.8 Å². The fourth-order valence-corrected chi connectivity index (χ4v) is 2.12. The average Bonchev–Trinajstić information content (AvgIpc) is 1.60. The monoisotopic (exact) mass is 191 g/mol. The van der Waals surface area contributed by atoms with E-state index in [9.17, 15) is 16.9 Å². The number of rotatable bonds is 3. The van der Waals surface area contributed by atoms with Gasteiger partial charge in [0.15, 0.2) is 0 Å². The molecule has 0 aliphatic carbocycles. The van der Waals surface area contributed by atoms with Crippen LogP contribution in [0.3, 0.4) is 0 Å². The summed E-state index contributed by atoms with van der Waals surface area (Å²) in [5.41, 5.74) is 0. The minimum atomic E-state index is -4.93. The molecule has 62 valence electrons. The summed E-state index contributed by atoms with van der Waals surface area (Å²) in [5.74, 6) is 0. The first-order chi connectivity index (χ1) is 4.27. The van der Waals surface area contributed by atoms with Gasteiger partial charge in [-0.05, 0) is 0 Å². The van der Waals surface area contributed by atoms with Crippen molar-refractivity contribution in [1.29, 1.82) is 0 Å². The maximum absolute atomic E-state index is 11.7. The quantitative estimate of drug-likeness (QED) is 0.513. The topological polar surface area (TPSA) is 72.5 Å². The van der Waals surface area contributed by atoms with Crippen LogP contribution in [0, 0.1) is 0 Å². The predicted molar refractivity (Wildman–Crippen MR) is 33.7 cm³/mol. The largest absolute Gasteiger partial charge is 0.379 e. The average molecular weight is 191 g/mol. The highest BCUT2D eigenvalue weighted by Gasteiger charge is 2.21. The maximum atomic E-state index is 11.7. The second-order valence-electron chi connectivity index (χ2n) is 1.56. The van der Waals surface area contributed by atoms with Crippen LogP contribution in [0.15, 0.2) is 0 Å². The molecule has 8 heteroatoms. The molecule has 0 fully saturated rings. The molecule has 0 aliphatic rings. The zero-order valence-corrected chi connectivity index (χ0v) is 7.08. The molecule has 0 saturated heterocycles. The van der Waals surface area contributed by atoms with Gasteiger partial charge >= 0.3 is 10.4 Å². The molecule has 0 heterocycles. The highest BCUT2D eigenvalue weighted by Crippen LogP contribution is 2.36. The Bertz CT molecular complexity index is 248. The second-order valence-corrected chi connectivity index (χ2v) is 5.22. The van der Waals surface area contributed by atoms with Gasteiger partial charge in [-0.25, -0.2) is 0 Å². The van der Waals surface area contributed by atoms with Crippen molar-refractivity contribution in [2.24, 2.45) is 0 Å². The molecular formula is C2H7FNO4PS. The lowest BCUT2D eigenvalue weighted by Gasteiger charge is -2.06. The van der Waals surface area contributed by atoms with Gasteiger partial charge in [0.1, 0.15) is 0 Å². The minimum absolute atomic E-state index is 0.949. The van der Waals surface area contributed by atoms with E-state index in [4.69, 9.17) is 0 Å². The van der Waals surface area contributed by atoms with Gasteiger partial charge in [0.2, 0.25) is 0 Å². The second kappa shape index (κ2) is 2.96. The van der Waals surface area contributed by atoms with Crippen LogP contribution in [0.2, 0.25) is 0 Å². The van der Waals surface area contributed by atoms with Crippen LogP contribution in [-0.4, -0.2) is 22.2 Å². The summed E-state index contributed by atoms with van der Waals surface area (Å²) < 4.78 is 47.2. The van der Waals surface area contributed by atoms with Gasteiger partial charge in [0.05, 0.1) is 0 Å². The van der Waals surface area contributed by atoms with Crippen molar-refractivity contribution in [2.75, 3.05) is 13.8 Å². The molecule has 0 spiro atoms. The predicted octanol–water partition coefficient (Wildman–Crippen LogP) is 0.260. The van der Waals surface area contributed by atoms with Gasteiger partial charge < -0.3 is 4.52 Å². The lowest BCUT2D eigenvalue weighted by atomic mass is 11.8. The van der Waals surface area contributed by atoms with E-state index in [1.807, 2.05) is 0 Å². The molecule has 10 heavy (non-hydrogen) atoms. The Balaban J connectivity index is 4.32. The van der Waals surface area contributed by atoms with Crippen molar-refractivity contribution in [3.63, 3.8) is 0 Å². The first-order valence-electron chi connectivity index (χ1n) is 2.14. The van der Waals surface area contributed by atoms with E-state index in [2.05, 4.69) is 4.52 Å². The van der Waals surface area contributed by atoms with E-state index in [-0.39, 0.29) is 0 Å². The van der Waals surface area contributed by atoms with E-state index in [1.54, 1.807) is 0 Å². The van der Waals surface area contributed by atoms with Crippen molar-refractivity contribution in [1.82, 2.24) is 4.49 Å². The summed E-state index contributed by atoms with van der Waals surface area (Å²) in [4.78, 5) is 0. The lowest BCUT2D eigenvalue weighted by Crippen LogP contribution is -2.15. The van der Waals surface area contributed by atoms with Gasteiger partial charge in [-0.15, -0.1) is 4.49 Å². The van der Waals surface area contributed by atoms with E-state index < -0.39 is 17.9 Å². The molecule has 1 atom stereocenters. The molecule has 0 rings (SSSR count). The Hall–Kier alpha value is 0.0300. The first kappa shape index (κ1) is 10.0. The van der Waals surface area contributed by atoms with Crippen LogP contribution >= 0.6 is 7.52 Å². The normalized spacial score (nSPS) is 18.3. The minimum Gasteiger partial charge on any atom is -0.320 e. The van der Waals surface area contributed by atoms with Crippen molar-refractivity contribution in [3.8, 4) is 0 Å². The van der Waals surface area contributed by atoms with Crippen LogP contribution in [0.1, 0.15) is 0 Å². The number of nitrogens with one attached hydrogen (secondary N) is 1. The first-order valence-corrected chi connectivity index (χ1v) is 5.59. The zero-order chi connectivity index (χ0) is 8.41. The number of halogens is 1. The lowest BCUT2D eigenvalue weighted by molar-refractivity contribution is 0.394. The van der Waals surface area contributed by atoms with E-state index in [0.29, 0.717) is 0 Å². The molecule has 0 radical (unpaired) electrons. The summed E-state index contributed by atoms with van der Waals surface area (Å²) in [6, 6.07) is 0. The molecule has 0 saturated carbocycles.